The molecule has 5 nitrogen and oxygen atoms in total. The van der Waals surface area contributed by atoms with Crippen molar-refractivity contribution >= 4 is 33.2 Å². The van der Waals surface area contributed by atoms with Crippen LogP contribution in [0.3, 0.4) is 0 Å². The number of amides is 1. The average Bonchev–Trinajstić information content (AvgIpc) is 2.59. The van der Waals surface area contributed by atoms with Gasteiger partial charge in [-0.2, -0.15) is 0 Å². The molecule has 0 spiro atoms. The van der Waals surface area contributed by atoms with Crippen molar-refractivity contribution in [3.8, 4) is 0 Å². The summed E-state index contributed by atoms with van der Waals surface area (Å²) in [5.74, 6) is -0.337. The van der Waals surface area contributed by atoms with E-state index in [1.54, 1.807) is 6.07 Å². The lowest BCUT2D eigenvalue weighted by Crippen LogP contribution is -2.29. The van der Waals surface area contributed by atoms with E-state index in [1.807, 2.05) is 32.9 Å². The first-order chi connectivity index (χ1) is 12.5. The number of anilines is 1. The number of carbonyl (C=O) groups excluding carboxylic acids is 1. The number of nitrogens with one attached hydrogen (secondary N) is 1. The summed E-state index contributed by atoms with van der Waals surface area (Å²) >= 11 is 6.21. The van der Waals surface area contributed by atoms with Gasteiger partial charge in [0.2, 0.25) is 10.0 Å². The molecule has 146 valence electrons. The number of carbonyl (C=O) groups is 1. The maximum Gasteiger partial charge on any atom is 0.253 e. The van der Waals surface area contributed by atoms with Crippen molar-refractivity contribution < 1.29 is 13.2 Å². The van der Waals surface area contributed by atoms with Crippen LogP contribution in [0.25, 0.3) is 0 Å². The number of halogens is 1. The van der Waals surface area contributed by atoms with Gasteiger partial charge in [-0.1, -0.05) is 42.3 Å². The first-order valence-electron chi connectivity index (χ1n) is 8.66. The second kappa shape index (κ2) is 8.31. The molecule has 27 heavy (non-hydrogen) atoms. The van der Waals surface area contributed by atoms with E-state index in [9.17, 15) is 13.2 Å². The average molecular weight is 409 g/mol. The van der Waals surface area contributed by atoms with Crippen LogP contribution in [-0.4, -0.2) is 27.6 Å². The van der Waals surface area contributed by atoms with Gasteiger partial charge in [0.25, 0.3) is 5.91 Å². The molecule has 1 N–H and O–H groups in total. The summed E-state index contributed by atoms with van der Waals surface area (Å²) in [6.45, 7) is 6.05. The van der Waals surface area contributed by atoms with Crippen molar-refractivity contribution in [2.45, 2.75) is 33.2 Å². The van der Waals surface area contributed by atoms with E-state index in [0.29, 0.717) is 5.69 Å². The van der Waals surface area contributed by atoms with Gasteiger partial charge in [0.05, 0.1) is 28.6 Å². The lowest BCUT2D eigenvalue weighted by Gasteiger charge is -2.21. The van der Waals surface area contributed by atoms with Crippen molar-refractivity contribution in [2.75, 3.05) is 17.6 Å². The van der Waals surface area contributed by atoms with E-state index in [0.717, 1.165) is 33.7 Å². The number of sulfonamides is 1. The van der Waals surface area contributed by atoms with E-state index < -0.39 is 10.0 Å². The summed E-state index contributed by atoms with van der Waals surface area (Å²) in [6.07, 6.45) is 1.82. The third kappa shape index (κ3) is 5.02. The van der Waals surface area contributed by atoms with Crippen molar-refractivity contribution in [1.29, 1.82) is 0 Å². The summed E-state index contributed by atoms with van der Waals surface area (Å²) in [6, 6.07) is 10.6. The second-order valence-corrected chi connectivity index (χ2v) is 9.11. The fourth-order valence-corrected chi connectivity index (χ4v) is 3.63. The van der Waals surface area contributed by atoms with Gasteiger partial charge in [-0.15, -0.1) is 0 Å². The molecule has 0 bridgehead atoms. The minimum Gasteiger partial charge on any atom is -0.345 e. The Morgan fingerprint density at radius 1 is 1.19 bits per heavy atom. The van der Waals surface area contributed by atoms with E-state index in [-0.39, 0.29) is 22.5 Å². The molecule has 0 heterocycles. The normalized spacial score (nSPS) is 12.5. The molecule has 2 aromatic rings. The van der Waals surface area contributed by atoms with E-state index >= 15 is 0 Å². The zero-order valence-electron chi connectivity index (χ0n) is 16.2. The Labute approximate surface area is 166 Å². The Hall–Kier alpha value is -2.05. The topological polar surface area (TPSA) is 66.5 Å². The smallest absolute Gasteiger partial charge is 0.253 e. The lowest BCUT2D eigenvalue weighted by atomic mass is 9.97. The van der Waals surface area contributed by atoms with Crippen LogP contribution in [0.5, 0.6) is 0 Å². The van der Waals surface area contributed by atoms with E-state index in [2.05, 4.69) is 11.4 Å². The summed E-state index contributed by atoms with van der Waals surface area (Å²) < 4.78 is 24.6. The second-order valence-electron chi connectivity index (χ2n) is 6.69. The minimum atomic E-state index is -3.43. The van der Waals surface area contributed by atoms with Gasteiger partial charge in [0, 0.05) is 7.05 Å². The Bertz CT molecular complexity index is 958. The van der Waals surface area contributed by atoms with Gasteiger partial charge < -0.3 is 5.32 Å². The molecule has 1 atom stereocenters. The number of aryl methyl sites for hydroxylation is 2. The fourth-order valence-electron chi connectivity index (χ4n) is 2.93. The van der Waals surface area contributed by atoms with Gasteiger partial charge in [0.1, 0.15) is 0 Å². The number of nitrogens with zero attached hydrogens (tertiary/aromatic N) is 1. The monoisotopic (exact) mass is 408 g/mol. The summed E-state index contributed by atoms with van der Waals surface area (Å²) in [4.78, 5) is 12.8. The van der Waals surface area contributed by atoms with Gasteiger partial charge in [-0.25, -0.2) is 8.42 Å². The first kappa shape index (κ1) is 21.3. The van der Waals surface area contributed by atoms with Crippen LogP contribution in [0.2, 0.25) is 5.02 Å². The lowest BCUT2D eigenvalue weighted by molar-refractivity contribution is 0.0935. The molecule has 0 saturated carbocycles. The van der Waals surface area contributed by atoms with Gasteiger partial charge >= 0.3 is 0 Å². The Morgan fingerprint density at radius 2 is 1.85 bits per heavy atom. The summed E-state index contributed by atoms with van der Waals surface area (Å²) in [5, 5.41) is 3.29. The molecule has 2 rings (SSSR count). The molecular weight excluding hydrogens is 384 g/mol. The van der Waals surface area contributed by atoms with Crippen LogP contribution in [0, 0.1) is 13.8 Å². The van der Waals surface area contributed by atoms with Gasteiger partial charge in [0.15, 0.2) is 0 Å². The van der Waals surface area contributed by atoms with Crippen LogP contribution in [0.4, 0.5) is 5.69 Å². The molecule has 0 aliphatic rings. The highest BCUT2D eigenvalue weighted by Crippen LogP contribution is 2.26. The molecule has 0 aliphatic heterocycles. The maximum atomic E-state index is 12.8. The van der Waals surface area contributed by atoms with Gasteiger partial charge in [-0.05, 0) is 49.6 Å². The SMILES string of the molecule is CC[C@@H](NC(=O)c1cc(N(C)S(C)(=O)=O)ccc1Cl)c1ccc(C)cc1C. The highest BCUT2D eigenvalue weighted by Gasteiger charge is 2.20. The molecule has 0 radical (unpaired) electrons. The predicted octanol–water partition coefficient (Wildman–Crippen LogP) is 4.23. The molecule has 0 aliphatic carbocycles. The molecule has 0 unspecified atom stereocenters. The molecule has 1 amide bonds. The molecule has 0 fully saturated rings. The third-order valence-corrected chi connectivity index (χ3v) is 6.11. The quantitative estimate of drug-likeness (QED) is 0.777. The van der Waals surface area contributed by atoms with Crippen LogP contribution >= 0.6 is 11.6 Å². The molecular formula is C20H25ClN2O3S. The van der Waals surface area contributed by atoms with Crippen molar-refractivity contribution in [3.05, 3.63) is 63.7 Å². The molecule has 0 aromatic heterocycles. The minimum absolute atomic E-state index is 0.162. The zero-order chi connectivity index (χ0) is 20.4. The largest absolute Gasteiger partial charge is 0.345 e. The standard InChI is InChI=1S/C20H25ClN2O3S/c1-6-19(16-9-7-13(2)11-14(16)3)22-20(24)17-12-15(8-10-18(17)21)23(4)27(5,25)26/h7-12,19H,6H2,1-5H3,(H,22,24)/t19-/m1/s1. The summed E-state index contributed by atoms with van der Waals surface area (Å²) in [7, 11) is -2.00. The van der Waals surface area contributed by atoms with E-state index in [4.69, 9.17) is 11.6 Å². The first-order valence-corrected chi connectivity index (χ1v) is 10.9. The summed E-state index contributed by atoms with van der Waals surface area (Å²) in [5.41, 5.74) is 3.95. The van der Waals surface area contributed by atoms with Gasteiger partial charge in [-0.3, -0.25) is 9.10 Å². The highest BCUT2D eigenvalue weighted by atomic mass is 35.5. The Balaban J connectivity index is 2.33. The number of hydrogen-bond donors (Lipinski definition) is 1. The van der Waals surface area contributed by atoms with Crippen LogP contribution < -0.4 is 9.62 Å². The zero-order valence-corrected chi connectivity index (χ0v) is 17.8. The van der Waals surface area contributed by atoms with Crippen LogP contribution in [0.15, 0.2) is 36.4 Å². The molecule has 0 saturated heterocycles. The van der Waals surface area contributed by atoms with Crippen molar-refractivity contribution in [3.63, 3.8) is 0 Å². The predicted molar refractivity (Wildman–Crippen MR) is 111 cm³/mol. The number of hydrogen-bond acceptors (Lipinski definition) is 3. The van der Waals surface area contributed by atoms with Crippen molar-refractivity contribution in [2.24, 2.45) is 0 Å². The molecule has 7 heteroatoms. The van der Waals surface area contributed by atoms with Crippen molar-refractivity contribution in [1.82, 2.24) is 5.32 Å². The van der Waals surface area contributed by atoms with Crippen LogP contribution in [0.1, 0.15) is 46.4 Å². The Kier molecular flexibility index (Phi) is 6.54. The fraction of sp³-hybridized carbons (Fsp3) is 0.350. The van der Waals surface area contributed by atoms with E-state index in [1.165, 1.54) is 19.2 Å². The number of rotatable bonds is 6. The maximum absolute atomic E-state index is 12.8. The molecule has 2 aromatic carbocycles. The third-order valence-electron chi connectivity index (χ3n) is 4.57. The Morgan fingerprint density at radius 3 is 2.41 bits per heavy atom. The van der Waals surface area contributed by atoms with Crippen LogP contribution in [-0.2, 0) is 10.0 Å². The number of benzene rings is 2. The highest BCUT2D eigenvalue weighted by molar-refractivity contribution is 7.92.